The van der Waals surface area contributed by atoms with Gasteiger partial charge in [-0.05, 0) is 64.3 Å². The smallest absolute Gasteiger partial charge is 0.410 e. The Hall–Kier alpha value is -4.33. The number of primary amides is 1. The fourth-order valence-electron chi connectivity index (χ4n) is 3.78. The first kappa shape index (κ1) is 29.2. The summed E-state index contributed by atoms with van der Waals surface area (Å²) in [5.41, 5.74) is 6.61. The maximum absolute atomic E-state index is 12.1. The number of ether oxygens (including phenoxy) is 1. The molecule has 0 aliphatic carbocycles. The van der Waals surface area contributed by atoms with Crippen LogP contribution in [0.25, 0.3) is 0 Å². The van der Waals surface area contributed by atoms with Gasteiger partial charge in [-0.15, -0.1) is 0 Å². The Morgan fingerprint density at radius 1 is 1.15 bits per heavy atom. The van der Waals surface area contributed by atoms with Crippen LogP contribution in [-0.2, 0) is 9.53 Å². The molecule has 0 unspecified atom stereocenters. The minimum atomic E-state index is -0.614. The van der Waals surface area contributed by atoms with Crippen molar-refractivity contribution in [3.05, 3.63) is 41.6 Å². The summed E-state index contributed by atoms with van der Waals surface area (Å²) in [6.45, 7) is 7.51. The summed E-state index contributed by atoms with van der Waals surface area (Å²) >= 11 is 0. The molecule has 208 valence electrons. The van der Waals surface area contributed by atoms with E-state index in [2.05, 4.69) is 32.4 Å². The van der Waals surface area contributed by atoms with Gasteiger partial charge >= 0.3 is 6.09 Å². The molecular weight excluding hydrogens is 498 g/mol. The highest BCUT2D eigenvalue weighted by atomic mass is 16.6. The van der Waals surface area contributed by atoms with E-state index >= 15 is 0 Å². The van der Waals surface area contributed by atoms with Crippen LogP contribution in [0.15, 0.2) is 30.5 Å². The van der Waals surface area contributed by atoms with Gasteiger partial charge < -0.3 is 30.9 Å². The molecule has 1 fully saturated rings. The maximum atomic E-state index is 12.1. The molecule has 39 heavy (non-hydrogen) atoms. The van der Waals surface area contributed by atoms with Crippen LogP contribution in [-0.4, -0.2) is 71.6 Å². The number of carbonyl (C=O) groups is 3. The quantitative estimate of drug-likeness (QED) is 0.328. The van der Waals surface area contributed by atoms with Gasteiger partial charge in [-0.2, -0.15) is 4.98 Å². The molecule has 4 N–H and O–H groups in total. The standard InChI is InChI=1S/C28H37N7O4/c1-28(2,3)39-27(38)34(4)19-23(36)30-15-7-5-6-10-21-18-31-26(33-25(21)35-16-8-9-17-35)32-22-13-11-20(12-14-22)24(29)37/h11-14,18H,5,7-9,15-17,19H2,1-4H3,(H2,29,37)(H,30,36)(H,31,32,33). The van der Waals surface area contributed by atoms with E-state index in [-0.39, 0.29) is 12.5 Å². The number of nitrogens with two attached hydrogens (primary N) is 1. The SMILES string of the molecule is CN(CC(=O)NCCCC#Cc1cnc(Nc2ccc(C(N)=O)cc2)nc1N1CCCC1)C(=O)OC(C)(C)C. The zero-order valence-electron chi connectivity index (χ0n) is 23.0. The summed E-state index contributed by atoms with van der Waals surface area (Å²) in [6, 6.07) is 6.79. The lowest BCUT2D eigenvalue weighted by atomic mass is 10.2. The molecule has 0 spiro atoms. The molecule has 11 heteroatoms. The predicted molar refractivity (Wildman–Crippen MR) is 150 cm³/mol. The van der Waals surface area contributed by atoms with Crippen LogP contribution in [0.1, 0.15) is 62.4 Å². The number of rotatable bonds is 9. The van der Waals surface area contributed by atoms with Gasteiger partial charge in [0.25, 0.3) is 0 Å². The zero-order chi connectivity index (χ0) is 28.4. The number of unbranched alkanes of at least 4 members (excludes halogenated alkanes) is 1. The first-order valence-electron chi connectivity index (χ1n) is 13.0. The van der Waals surface area contributed by atoms with E-state index in [1.54, 1.807) is 51.2 Å². The predicted octanol–water partition coefficient (Wildman–Crippen LogP) is 3.03. The number of hydrogen-bond acceptors (Lipinski definition) is 8. The van der Waals surface area contributed by atoms with E-state index in [9.17, 15) is 14.4 Å². The maximum Gasteiger partial charge on any atom is 0.410 e. The molecule has 2 heterocycles. The van der Waals surface area contributed by atoms with Gasteiger partial charge in [0, 0.05) is 44.4 Å². The zero-order valence-corrected chi connectivity index (χ0v) is 23.0. The Kier molecular flexibility index (Phi) is 10.1. The summed E-state index contributed by atoms with van der Waals surface area (Å²) in [7, 11) is 1.53. The molecule has 1 aliphatic heterocycles. The number of nitrogens with zero attached hydrogens (tertiary/aromatic N) is 4. The van der Waals surface area contributed by atoms with Gasteiger partial charge in [-0.1, -0.05) is 11.8 Å². The number of amides is 3. The van der Waals surface area contributed by atoms with Crippen LogP contribution in [0.3, 0.4) is 0 Å². The van der Waals surface area contributed by atoms with Crippen molar-refractivity contribution in [2.24, 2.45) is 5.73 Å². The van der Waals surface area contributed by atoms with Crippen LogP contribution in [0.4, 0.5) is 22.2 Å². The number of nitrogens with one attached hydrogen (secondary N) is 2. The van der Waals surface area contributed by atoms with Gasteiger partial charge in [0.2, 0.25) is 17.8 Å². The number of aromatic nitrogens is 2. The highest BCUT2D eigenvalue weighted by Gasteiger charge is 2.21. The number of anilines is 3. The second kappa shape index (κ2) is 13.5. The molecule has 11 nitrogen and oxygen atoms in total. The Morgan fingerprint density at radius 2 is 1.85 bits per heavy atom. The van der Waals surface area contributed by atoms with Crippen molar-refractivity contribution >= 4 is 35.4 Å². The first-order chi connectivity index (χ1) is 18.5. The molecule has 1 aliphatic rings. The number of likely N-dealkylation sites (N-methyl/N-ethyl adjacent to an activating group) is 1. The number of carbonyl (C=O) groups excluding carboxylic acids is 3. The van der Waals surface area contributed by atoms with Crippen molar-refractivity contribution in [2.45, 2.75) is 52.1 Å². The Labute approximate surface area is 229 Å². The second-order valence-electron chi connectivity index (χ2n) is 10.3. The van der Waals surface area contributed by atoms with E-state index < -0.39 is 17.6 Å². The molecule has 3 amide bonds. The minimum Gasteiger partial charge on any atom is -0.444 e. The molecule has 1 aromatic heterocycles. The van der Waals surface area contributed by atoms with Gasteiger partial charge in [0.1, 0.15) is 18.0 Å². The van der Waals surface area contributed by atoms with Crippen molar-refractivity contribution in [1.82, 2.24) is 20.2 Å². The third kappa shape index (κ3) is 9.48. The summed E-state index contributed by atoms with van der Waals surface area (Å²) in [5, 5.41) is 5.97. The highest BCUT2D eigenvalue weighted by Crippen LogP contribution is 2.24. The topological polar surface area (TPSA) is 143 Å². The highest BCUT2D eigenvalue weighted by molar-refractivity contribution is 5.93. The van der Waals surface area contributed by atoms with E-state index in [1.165, 1.54) is 11.9 Å². The van der Waals surface area contributed by atoms with Crippen molar-refractivity contribution in [2.75, 3.05) is 43.4 Å². The molecule has 1 aromatic carbocycles. The van der Waals surface area contributed by atoms with Crippen LogP contribution in [0.2, 0.25) is 0 Å². The van der Waals surface area contributed by atoms with Crippen LogP contribution in [0, 0.1) is 11.8 Å². The largest absolute Gasteiger partial charge is 0.444 e. The third-order valence-corrected chi connectivity index (χ3v) is 5.71. The van der Waals surface area contributed by atoms with Crippen molar-refractivity contribution in [3.63, 3.8) is 0 Å². The Morgan fingerprint density at radius 3 is 2.49 bits per heavy atom. The van der Waals surface area contributed by atoms with Gasteiger partial charge in [0.05, 0.1) is 11.8 Å². The molecule has 0 saturated carbocycles. The molecule has 0 bridgehead atoms. The van der Waals surface area contributed by atoms with E-state index in [0.29, 0.717) is 30.9 Å². The van der Waals surface area contributed by atoms with Gasteiger partial charge in [-0.25, -0.2) is 9.78 Å². The third-order valence-electron chi connectivity index (χ3n) is 5.71. The lowest BCUT2D eigenvalue weighted by Crippen LogP contribution is -2.41. The van der Waals surface area contributed by atoms with Crippen LogP contribution < -0.4 is 21.3 Å². The summed E-state index contributed by atoms with van der Waals surface area (Å²) in [5.74, 6) is 6.82. The lowest BCUT2D eigenvalue weighted by molar-refractivity contribution is -0.122. The normalized spacial score (nSPS) is 12.8. The van der Waals surface area contributed by atoms with Crippen molar-refractivity contribution in [1.29, 1.82) is 0 Å². The van der Waals surface area contributed by atoms with Crippen LogP contribution in [0.5, 0.6) is 0 Å². The molecule has 3 rings (SSSR count). The van der Waals surface area contributed by atoms with E-state index in [4.69, 9.17) is 15.5 Å². The summed E-state index contributed by atoms with van der Waals surface area (Å²) in [4.78, 5) is 48.0. The summed E-state index contributed by atoms with van der Waals surface area (Å²) in [6.07, 6.45) is 4.60. The fourth-order valence-corrected chi connectivity index (χ4v) is 3.78. The average molecular weight is 536 g/mol. The lowest BCUT2D eigenvalue weighted by Gasteiger charge is -2.24. The molecule has 0 atom stereocenters. The fraction of sp³-hybridized carbons (Fsp3) is 0.464. The molecular formula is C28H37N7O4. The monoisotopic (exact) mass is 535 g/mol. The average Bonchev–Trinajstić information content (AvgIpc) is 3.41. The van der Waals surface area contributed by atoms with Crippen molar-refractivity contribution in [3.8, 4) is 11.8 Å². The molecule has 2 aromatic rings. The van der Waals surface area contributed by atoms with E-state index in [1.807, 2.05) is 0 Å². The van der Waals surface area contributed by atoms with Crippen LogP contribution >= 0.6 is 0 Å². The minimum absolute atomic E-state index is 0.0766. The van der Waals surface area contributed by atoms with E-state index in [0.717, 1.165) is 43.0 Å². The number of hydrogen-bond donors (Lipinski definition) is 3. The second-order valence-corrected chi connectivity index (χ2v) is 10.3. The van der Waals surface area contributed by atoms with Gasteiger partial charge in [0.15, 0.2) is 0 Å². The van der Waals surface area contributed by atoms with Crippen molar-refractivity contribution < 1.29 is 19.1 Å². The molecule has 1 saturated heterocycles. The first-order valence-corrected chi connectivity index (χ1v) is 13.0. The molecule has 0 radical (unpaired) electrons. The summed E-state index contributed by atoms with van der Waals surface area (Å²) < 4.78 is 5.25. The van der Waals surface area contributed by atoms with Gasteiger partial charge in [-0.3, -0.25) is 9.59 Å². The number of benzene rings is 1. The Balaban J connectivity index is 1.53. The Bertz CT molecular complexity index is 1220.